The Labute approximate surface area is 111 Å². The highest BCUT2D eigenvalue weighted by Gasteiger charge is 2.21. The van der Waals surface area contributed by atoms with Gasteiger partial charge in [0, 0.05) is 0 Å². The first kappa shape index (κ1) is 13.3. The number of nitrogens with one attached hydrogen (secondary N) is 1. The second-order valence-corrected chi connectivity index (χ2v) is 3.68. The third-order valence-electron chi connectivity index (χ3n) is 2.39. The van der Waals surface area contributed by atoms with Crippen LogP contribution >= 0.6 is 0 Å². The Balaban J connectivity index is 2.44. The molecule has 0 unspecified atom stereocenters. The SMILES string of the molecule is O=[N+]([O-])c1cnc(Nc2ccccc2F)c([N+](=O)[O-])c1. The molecule has 0 amide bonds. The van der Waals surface area contributed by atoms with E-state index in [0.717, 1.165) is 12.3 Å². The Hall–Kier alpha value is -3.10. The fraction of sp³-hybridized carbons (Fsp3) is 0. The van der Waals surface area contributed by atoms with E-state index in [1.165, 1.54) is 24.3 Å². The number of pyridine rings is 1. The summed E-state index contributed by atoms with van der Waals surface area (Å²) in [5.74, 6) is -0.896. The van der Waals surface area contributed by atoms with Crippen molar-refractivity contribution in [3.8, 4) is 0 Å². The summed E-state index contributed by atoms with van der Waals surface area (Å²) in [5, 5.41) is 23.9. The lowest BCUT2D eigenvalue weighted by molar-refractivity contribution is -0.394. The van der Waals surface area contributed by atoms with E-state index in [2.05, 4.69) is 10.3 Å². The van der Waals surface area contributed by atoms with Crippen LogP contribution < -0.4 is 5.32 Å². The van der Waals surface area contributed by atoms with E-state index in [4.69, 9.17) is 0 Å². The summed E-state index contributed by atoms with van der Waals surface area (Å²) < 4.78 is 13.4. The van der Waals surface area contributed by atoms with E-state index in [0.29, 0.717) is 0 Å². The molecule has 9 heteroatoms. The first-order valence-corrected chi connectivity index (χ1v) is 5.29. The van der Waals surface area contributed by atoms with Gasteiger partial charge in [-0.05, 0) is 12.1 Å². The molecule has 2 rings (SSSR count). The van der Waals surface area contributed by atoms with Crippen molar-refractivity contribution >= 4 is 22.9 Å². The van der Waals surface area contributed by atoms with Crippen molar-refractivity contribution in [3.63, 3.8) is 0 Å². The fourth-order valence-electron chi connectivity index (χ4n) is 1.47. The van der Waals surface area contributed by atoms with Gasteiger partial charge in [-0.15, -0.1) is 0 Å². The summed E-state index contributed by atoms with van der Waals surface area (Å²) >= 11 is 0. The van der Waals surface area contributed by atoms with Crippen molar-refractivity contribution in [2.24, 2.45) is 0 Å². The number of hydrogen-bond acceptors (Lipinski definition) is 6. The predicted molar refractivity (Wildman–Crippen MR) is 67.2 cm³/mol. The topological polar surface area (TPSA) is 111 Å². The molecule has 0 aliphatic carbocycles. The number of para-hydroxylation sites is 1. The van der Waals surface area contributed by atoms with Crippen LogP contribution in [0.15, 0.2) is 36.5 Å². The molecule has 0 saturated carbocycles. The molecule has 0 fully saturated rings. The van der Waals surface area contributed by atoms with Crippen molar-refractivity contribution in [3.05, 3.63) is 62.6 Å². The van der Waals surface area contributed by atoms with E-state index in [-0.39, 0.29) is 11.5 Å². The highest BCUT2D eigenvalue weighted by Crippen LogP contribution is 2.29. The zero-order chi connectivity index (χ0) is 14.7. The van der Waals surface area contributed by atoms with Crippen LogP contribution in [0.25, 0.3) is 0 Å². The Morgan fingerprint density at radius 2 is 1.85 bits per heavy atom. The lowest BCUT2D eigenvalue weighted by atomic mass is 10.3. The molecule has 1 aromatic carbocycles. The van der Waals surface area contributed by atoms with Gasteiger partial charge in [0.05, 0.1) is 21.6 Å². The Bertz CT molecular complexity index is 692. The molecule has 0 spiro atoms. The zero-order valence-corrected chi connectivity index (χ0v) is 9.82. The maximum Gasteiger partial charge on any atom is 0.318 e. The van der Waals surface area contributed by atoms with Crippen molar-refractivity contribution in [1.82, 2.24) is 4.98 Å². The van der Waals surface area contributed by atoms with Crippen molar-refractivity contribution in [1.29, 1.82) is 0 Å². The highest BCUT2D eigenvalue weighted by molar-refractivity contribution is 5.67. The van der Waals surface area contributed by atoms with Crippen LogP contribution in [0.5, 0.6) is 0 Å². The van der Waals surface area contributed by atoms with Crippen molar-refractivity contribution in [2.75, 3.05) is 5.32 Å². The quantitative estimate of drug-likeness (QED) is 0.679. The molecule has 1 heterocycles. The second-order valence-electron chi connectivity index (χ2n) is 3.68. The normalized spacial score (nSPS) is 10.1. The van der Waals surface area contributed by atoms with Gasteiger partial charge in [0.25, 0.3) is 5.69 Å². The molecular formula is C11H7FN4O4. The number of benzene rings is 1. The number of nitro groups is 2. The van der Waals surface area contributed by atoms with Crippen LogP contribution in [0.4, 0.5) is 27.3 Å². The van der Waals surface area contributed by atoms with Crippen molar-refractivity contribution < 1.29 is 14.2 Å². The molecule has 8 nitrogen and oxygen atoms in total. The summed E-state index contributed by atoms with van der Waals surface area (Å²) in [6, 6.07) is 6.28. The summed E-state index contributed by atoms with van der Waals surface area (Å²) in [6.45, 7) is 0. The number of nitrogens with zero attached hydrogens (tertiary/aromatic N) is 3. The monoisotopic (exact) mass is 278 g/mol. The average Bonchev–Trinajstić information content (AvgIpc) is 2.41. The zero-order valence-electron chi connectivity index (χ0n) is 9.82. The van der Waals surface area contributed by atoms with Crippen LogP contribution in [-0.2, 0) is 0 Å². The molecule has 0 bridgehead atoms. The van der Waals surface area contributed by atoms with Crippen LogP contribution in [0.2, 0.25) is 0 Å². The Kier molecular flexibility index (Phi) is 3.51. The lowest BCUT2D eigenvalue weighted by Gasteiger charge is -2.06. The standard InChI is InChI=1S/C11H7FN4O4/c12-8-3-1-2-4-9(8)14-11-10(16(19)20)5-7(6-13-11)15(17)18/h1-6H,(H,13,14). The van der Waals surface area contributed by atoms with E-state index in [9.17, 15) is 24.6 Å². The molecule has 2 aromatic rings. The Morgan fingerprint density at radius 1 is 1.15 bits per heavy atom. The van der Waals surface area contributed by atoms with Gasteiger partial charge >= 0.3 is 5.69 Å². The summed E-state index contributed by atoms with van der Waals surface area (Å²) in [4.78, 5) is 23.4. The van der Waals surface area contributed by atoms with E-state index >= 15 is 0 Å². The minimum Gasteiger partial charge on any atom is -0.332 e. The summed E-state index contributed by atoms with van der Waals surface area (Å²) in [6.07, 6.45) is 0.857. The second kappa shape index (κ2) is 5.26. The van der Waals surface area contributed by atoms with Gasteiger partial charge in [0.1, 0.15) is 12.0 Å². The third kappa shape index (κ3) is 2.66. The largest absolute Gasteiger partial charge is 0.332 e. The van der Waals surface area contributed by atoms with E-state index in [1.54, 1.807) is 0 Å². The summed E-state index contributed by atoms with van der Waals surface area (Å²) in [7, 11) is 0. The number of hydrogen-bond donors (Lipinski definition) is 1. The van der Waals surface area contributed by atoms with E-state index in [1.807, 2.05) is 0 Å². The van der Waals surface area contributed by atoms with Gasteiger partial charge in [-0.25, -0.2) is 9.37 Å². The van der Waals surface area contributed by atoms with Crippen LogP contribution in [0.3, 0.4) is 0 Å². The first-order valence-electron chi connectivity index (χ1n) is 5.29. The molecule has 0 aliphatic heterocycles. The number of halogens is 1. The smallest absolute Gasteiger partial charge is 0.318 e. The molecule has 1 N–H and O–H groups in total. The molecule has 0 saturated heterocycles. The van der Waals surface area contributed by atoms with Gasteiger partial charge in [0.2, 0.25) is 5.82 Å². The van der Waals surface area contributed by atoms with E-state index < -0.39 is 27.0 Å². The third-order valence-corrected chi connectivity index (χ3v) is 2.39. The lowest BCUT2D eigenvalue weighted by Crippen LogP contribution is -2.02. The average molecular weight is 278 g/mol. The van der Waals surface area contributed by atoms with Crippen molar-refractivity contribution in [2.45, 2.75) is 0 Å². The number of anilines is 2. The fourth-order valence-corrected chi connectivity index (χ4v) is 1.47. The molecule has 0 aliphatic rings. The molecular weight excluding hydrogens is 271 g/mol. The van der Waals surface area contributed by atoms with Gasteiger partial charge in [-0.3, -0.25) is 20.2 Å². The highest BCUT2D eigenvalue weighted by atomic mass is 19.1. The van der Waals surface area contributed by atoms with Gasteiger partial charge in [-0.2, -0.15) is 0 Å². The first-order chi connectivity index (χ1) is 9.49. The Morgan fingerprint density at radius 3 is 2.45 bits per heavy atom. The molecule has 20 heavy (non-hydrogen) atoms. The maximum atomic E-state index is 13.4. The number of aromatic nitrogens is 1. The molecule has 102 valence electrons. The molecule has 0 radical (unpaired) electrons. The minimum atomic E-state index is -0.830. The number of rotatable bonds is 4. The van der Waals surface area contributed by atoms with Gasteiger partial charge < -0.3 is 5.32 Å². The van der Waals surface area contributed by atoms with Crippen LogP contribution in [-0.4, -0.2) is 14.8 Å². The molecule has 1 aromatic heterocycles. The minimum absolute atomic E-state index is 0.0167. The van der Waals surface area contributed by atoms with Crippen LogP contribution in [0, 0.1) is 26.0 Å². The molecule has 0 atom stereocenters. The van der Waals surface area contributed by atoms with Crippen LogP contribution in [0.1, 0.15) is 0 Å². The predicted octanol–water partition coefficient (Wildman–Crippen LogP) is 2.78. The van der Waals surface area contributed by atoms with Gasteiger partial charge in [0.15, 0.2) is 0 Å². The maximum absolute atomic E-state index is 13.4. The van der Waals surface area contributed by atoms with Gasteiger partial charge in [-0.1, -0.05) is 12.1 Å². The summed E-state index contributed by atoms with van der Waals surface area (Å²) in [5.41, 5.74) is -1.14.